The van der Waals surface area contributed by atoms with Crippen LogP contribution in [0.1, 0.15) is 17.2 Å². The Balaban J connectivity index is 1.84. The van der Waals surface area contributed by atoms with Crippen molar-refractivity contribution in [2.45, 2.75) is 12.2 Å². The van der Waals surface area contributed by atoms with Crippen LogP contribution in [-0.2, 0) is 11.0 Å². The lowest BCUT2D eigenvalue weighted by Gasteiger charge is -2.39. The smallest absolute Gasteiger partial charge is 0.368 e. The summed E-state index contributed by atoms with van der Waals surface area (Å²) >= 11 is 11.7. The van der Waals surface area contributed by atoms with E-state index in [0.29, 0.717) is 29.7 Å². The summed E-state index contributed by atoms with van der Waals surface area (Å²) in [5.41, 5.74) is 4.27. The van der Waals surface area contributed by atoms with Gasteiger partial charge in [0.15, 0.2) is 0 Å². The Labute approximate surface area is 185 Å². The number of anilines is 1. The van der Waals surface area contributed by atoms with Crippen LogP contribution < -0.4 is 10.6 Å². The van der Waals surface area contributed by atoms with Gasteiger partial charge in [0.2, 0.25) is 5.91 Å². The van der Waals surface area contributed by atoms with Crippen molar-refractivity contribution in [1.82, 2.24) is 4.90 Å². The van der Waals surface area contributed by atoms with Crippen LogP contribution in [0.15, 0.2) is 36.4 Å². The van der Waals surface area contributed by atoms with Crippen LogP contribution in [0, 0.1) is 10.1 Å². The number of rotatable bonds is 5. The number of nitro benzene ring substituents is 1. The molecule has 166 valence electrons. The highest BCUT2D eigenvalue weighted by molar-refractivity contribution is 6.32. The molecule has 1 fully saturated rings. The minimum Gasteiger partial charge on any atom is -0.368 e. The fraction of sp³-hybridized carbons (Fsp3) is 0.316. The Morgan fingerprint density at radius 2 is 1.68 bits per heavy atom. The molecule has 1 saturated heterocycles. The van der Waals surface area contributed by atoms with E-state index in [1.54, 1.807) is 34.1 Å². The third-order valence-corrected chi connectivity index (χ3v) is 5.61. The molecule has 2 aromatic carbocycles. The number of alkyl halides is 3. The van der Waals surface area contributed by atoms with Gasteiger partial charge < -0.3 is 10.6 Å². The van der Waals surface area contributed by atoms with Crippen LogP contribution in [-0.4, -0.2) is 41.9 Å². The molecular formula is C19H17Cl2F3N4O3. The lowest BCUT2D eigenvalue weighted by molar-refractivity contribution is -0.384. The molecule has 2 aromatic rings. The molecule has 1 atom stereocenters. The molecule has 12 heteroatoms. The largest absolute Gasteiger partial charge is 0.418 e. The summed E-state index contributed by atoms with van der Waals surface area (Å²) in [6.45, 7) is 1.04. The molecule has 0 radical (unpaired) electrons. The second-order valence-corrected chi connectivity index (χ2v) is 7.80. The monoisotopic (exact) mass is 476 g/mol. The number of hydrogen-bond acceptors (Lipinski definition) is 5. The first-order valence-corrected chi connectivity index (χ1v) is 9.83. The molecule has 1 heterocycles. The van der Waals surface area contributed by atoms with Crippen LogP contribution in [0.25, 0.3) is 0 Å². The molecule has 1 aliphatic heterocycles. The number of primary amides is 1. The van der Waals surface area contributed by atoms with Gasteiger partial charge in [0.05, 0.1) is 15.5 Å². The van der Waals surface area contributed by atoms with E-state index < -0.39 is 39.3 Å². The minimum atomic E-state index is -4.81. The quantitative estimate of drug-likeness (QED) is 0.513. The first kappa shape index (κ1) is 23.1. The average molecular weight is 477 g/mol. The molecule has 1 aliphatic rings. The third kappa shape index (κ3) is 5.03. The Kier molecular flexibility index (Phi) is 6.63. The fourth-order valence-corrected chi connectivity index (χ4v) is 3.98. The van der Waals surface area contributed by atoms with Crippen molar-refractivity contribution in [2.75, 3.05) is 31.1 Å². The number of carbonyl (C=O) groups excluding carboxylic acids is 1. The molecule has 31 heavy (non-hydrogen) atoms. The van der Waals surface area contributed by atoms with Crippen molar-refractivity contribution in [3.05, 3.63) is 67.7 Å². The van der Waals surface area contributed by atoms with Gasteiger partial charge in [-0.15, -0.1) is 0 Å². The number of nitrogens with zero attached hydrogens (tertiary/aromatic N) is 3. The Bertz CT molecular complexity index is 994. The molecular weight excluding hydrogens is 460 g/mol. The van der Waals surface area contributed by atoms with Crippen LogP contribution in [0.5, 0.6) is 0 Å². The maximum Gasteiger partial charge on any atom is 0.418 e. The first-order valence-electron chi connectivity index (χ1n) is 9.08. The van der Waals surface area contributed by atoms with Crippen LogP contribution in [0.4, 0.5) is 24.5 Å². The van der Waals surface area contributed by atoms with Gasteiger partial charge in [-0.05, 0) is 23.8 Å². The van der Waals surface area contributed by atoms with E-state index in [0.717, 1.165) is 6.07 Å². The van der Waals surface area contributed by atoms with Gasteiger partial charge >= 0.3 is 6.18 Å². The summed E-state index contributed by atoms with van der Waals surface area (Å²) in [5, 5.41) is 11.3. The normalized spacial score (nSPS) is 16.2. The molecule has 0 spiro atoms. The number of amides is 1. The zero-order chi connectivity index (χ0) is 22.9. The van der Waals surface area contributed by atoms with Crippen LogP contribution in [0.2, 0.25) is 10.0 Å². The number of hydrogen-bond donors (Lipinski definition) is 1. The summed E-state index contributed by atoms with van der Waals surface area (Å²) < 4.78 is 39.3. The van der Waals surface area contributed by atoms with Crippen molar-refractivity contribution in [2.24, 2.45) is 5.73 Å². The summed E-state index contributed by atoms with van der Waals surface area (Å²) in [4.78, 5) is 26.0. The second kappa shape index (κ2) is 8.89. The molecule has 2 N–H and O–H groups in total. The van der Waals surface area contributed by atoms with Crippen molar-refractivity contribution in [3.63, 3.8) is 0 Å². The molecule has 0 aliphatic carbocycles. The zero-order valence-corrected chi connectivity index (χ0v) is 17.4. The molecule has 3 rings (SSSR count). The van der Waals surface area contributed by atoms with Crippen molar-refractivity contribution in [1.29, 1.82) is 0 Å². The van der Waals surface area contributed by atoms with Gasteiger partial charge in [0, 0.05) is 37.3 Å². The van der Waals surface area contributed by atoms with Gasteiger partial charge in [-0.3, -0.25) is 19.8 Å². The predicted octanol–water partition coefficient (Wildman–Crippen LogP) is 4.27. The number of halogens is 5. The maximum absolute atomic E-state index is 13.1. The van der Waals surface area contributed by atoms with Crippen molar-refractivity contribution in [3.8, 4) is 0 Å². The minimum absolute atomic E-state index is 0.00947. The number of nitrogens with two attached hydrogens (primary N) is 1. The Morgan fingerprint density at radius 3 is 2.16 bits per heavy atom. The first-order chi connectivity index (χ1) is 14.5. The van der Waals surface area contributed by atoms with Crippen LogP contribution >= 0.6 is 23.2 Å². The van der Waals surface area contributed by atoms with Gasteiger partial charge in [-0.1, -0.05) is 35.3 Å². The second-order valence-electron chi connectivity index (χ2n) is 6.96. The molecule has 7 nitrogen and oxygen atoms in total. The number of nitro groups is 1. The SMILES string of the molecule is NC(=O)[C@H](c1ccc(Cl)cc1)N1CCN(c2cc(Cl)c(C(F)(F)F)cc2[N+](=O)[O-])CC1. The number of benzene rings is 2. The van der Waals surface area contributed by atoms with Gasteiger partial charge in [-0.25, -0.2) is 0 Å². The number of carbonyl (C=O) groups is 1. The standard InChI is InChI=1S/C19H17Cl2F3N4O3/c20-12-3-1-11(2-4-12)17(18(25)29)27-7-5-26(6-8-27)15-10-14(21)13(19(22,23)24)9-16(15)28(30)31/h1-4,9-10,17H,5-8H2,(H2,25,29)/t17-/m0/s1. The van der Waals surface area contributed by atoms with E-state index in [9.17, 15) is 28.1 Å². The number of piperazine rings is 1. The summed E-state index contributed by atoms with van der Waals surface area (Å²) in [5.74, 6) is -0.570. The van der Waals surface area contributed by atoms with E-state index in [4.69, 9.17) is 28.9 Å². The Hall–Kier alpha value is -2.56. The summed E-state index contributed by atoms with van der Waals surface area (Å²) in [7, 11) is 0. The lowest BCUT2D eigenvalue weighted by Crippen LogP contribution is -2.50. The van der Waals surface area contributed by atoms with E-state index in [-0.39, 0.29) is 18.8 Å². The van der Waals surface area contributed by atoms with E-state index >= 15 is 0 Å². The van der Waals surface area contributed by atoms with E-state index in [1.807, 2.05) is 0 Å². The van der Waals surface area contributed by atoms with Crippen molar-refractivity contribution < 1.29 is 22.9 Å². The molecule has 1 amide bonds. The molecule has 0 bridgehead atoms. The van der Waals surface area contributed by atoms with Crippen molar-refractivity contribution >= 4 is 40.5 Å². The highest BCUT2D eigenvalue weighted by atomic mass is 35.5. The zero-order valence-electron chi connectivity index (χ0n) is 15.9. The van der Waals surface area contributed by atoms with Crippen LogP contribution in [0.3, 0.4) is 0 Å². The topological polar surface area (TPSA) is 92.7 Å². The molecule has 0 saturated carbocycles. The predicted molar refractivity (Wildman–Crippen MR) is 110 cm³/mol. The van der Waals surface area contributed by atoms with Gasteiger partial charge in [0.25, 0.3) is 5.69 Å². The van der Waals surface area contributed by atoms with Gasteiger partial charge in [0.1, 0.15) is 11.7 Å². The maximum atomic E-state index is 13.1. The lowest BCUT2D eigenvalue weighted by atomic mass is 10.0. The highest BCUT2D eigenvalue weighted by Gasteiger charge is 2.37. The van der Waals surface area contributed by atoms with E-state index in [1.165, 1.54) is 0 Å². The summed E-state index contributed by atoms with van der Waals surface area (Å²) in [6.07, 6.45) is -4.81. The molecule has 0 unspecified atom stereocenters. The average Bonchev–Trinajstić information content (AvgIpc) is 2.68. The Morgan fingerprint density at radius 1 is 1.10 bits per heavy atom. The third-order valence-electron chi connectivity index (χ3n) is 5.04. The molecule has 0 aromatic heterocycles. The van der Waals surface area contributed by atoms with E-state index in [2.05, 4.69) is 0 Å². The highest BCUT2D eigenvalue weighted by Crippen LogP contribution is 2.41. The summed E-state index contributed by atoms with van der Waals surface area (Å²) in [6, 6.07) is 7.32. The van der Waals surface area contributed by atoms with Gasteiger partial charge in [-0.2, -0.15) is 13.2 Å². The fourth-order valence-electron chi connectivity index (χ4n) is 3.59.